The van der Waals surface area contributed by atoms with Crippen molar-refractivity contribution in [1.29, 1.82) is 0 Å². The molecule has 0 spiro atoms. The van der Waals surface area contributed by atoms with Gasteiger partial charge in [-0.15, -0.1) is 12.4 Å². The van der Waals surface area contributed by atoms with Crippen LogP contribution in [0.3, 0.4) is 0 Å². The first-order chi connectivity index (χ1) is 14.0. The third-order valence-corrected chi connectivity index (χ3v) is 5.95. The Labute approximate surface area is 188 Å². The predicted molar refractivity (Wildman–Crippen MR) is 125 cm³/mol. The zero-order valence-corrected chi connectivity index (χ0v) is 18.7. The van der Waals surface area contributed by atoms with E-state index in [9.17, 15) is 4.79 Å². The number of nitrogens with one attached hydrogen (secondary N) is 2. The van der Waals surface area contributed by atoms with Gasteiger partial charge in [0, 0.05) is 16.6 Å². The number of piperidine rings is 1. The van der Waals surface area contributed by atoms with Crippen LogP contribution in [0.2, 0.25) is 5.02 Å². The van der Waals surface area contributed by atoms with E-state index in [4.69, 9.17) is 11.6 Å². The van der Waals surface area contributed by atoms with Crippen molar-refractivity contribution in [3.8, 4) is 5.69 Å². The SMILES string of the molecule is Cc1cccc(NC(=O)c2cnn(-c3ccc(Cl)cc3)c2C2CCNCC2)c1C.Cl. The molecule has 0 aliphatic carbocycles. The van der Waals surface area contributed by atoms with E-state index >= 15 is 0 Å². The van der Waals surface area contributed by atoms with Crippen molar-refractivity contribution in [2.75, 3.05) is 18.4 Å². The topological polar surface area (TPSA) is 59.0 Å². The van der Waals surface area contributed by atoms with E-state index in [-0.39, 0.29) is 24.2 Å². The largest absolute Gasteiger partial charge is 0.322 e. The third-order valence-electron chi connectivity index (χ3n) is 5.70. The highest BCUT2D eigenvalue weighted by atomic mass is 35.5. The summed E-state index contributed by atoms with van der Waals surface area (Å²) in [5.41, 5.74) is 5.58. The van der Waals surface area contributed by atoms with Gasteiger partial charge in [0.15, 0.2) is 0 Å². The van der Waals surface area contributed by atoms with Crippen molar-refractivity contribution in [3.63, 3.8) is 0 Å². The normalized spacial score (nSPS) is 14.2. The van der Waals surface area contributed by atoms with Crippen molar-refractivity contribution in [2.24, 2.45) is 0 Å². The summed E-state index contributed by atoms with van der Waals surface area (Å²) >= 11 is 6.06. The molecule has 0 radical (unpaired) electrons. The zero-order valence-electron chi connectivity index (χ0n) is 17.1. The molecule has 2 N–H and O–H groups in total. The number of hydrogen-bond acceptors (Lipinski definition) is 3. The van der Waals surface area contributed by atoms with Crippen LogP contribution in [-0.4, -0.2) is 28.8 Å². The molecule has 3 aromatic rings. The van der Waals surface area contributed by atoms with Crippen LogP contribution in [-0.2, 0) is 0 Å². The van der Waals surface area contributed by atoms with Crippen molar-refractivity contribution < 1.29 is 4.79 Å². The molecule has 2 heterocycles. The Bertz CT molecular complexity index is 1020. The molecule has 0 atom stereocenters. The van der Waals surface area contributed by atoms with Gasteiger partial charge >= 0.3 is 0 Å². The van der Waals surface area contributed by atoms with Crippen molar-refractivity contribution in [3.05, 3.63) is 76.1 Å². The molecule has 1 aliphatic heterocycles. The summed E-state index contributed by atoms with van der Waals surface area (Å²) < 4.78 is 1.89. The van der Waals surface area contributed by atoms with Crippen LogP contribution in [0.4, 0.5) is 5.69 Å². The summed E-state index contributed by atoms with van der Waals surface area (Å²) in [6.07, 6.45) is 3.64. The molecule has 7 heteroatoms. The minimum Gasteiger partial charge on any atom is -0.322 e. The van der Waals surface area contributed by atoms with E-state index in [0.29, 0.717) is 10.6 Å². The average Bonchev–Trinajstić information content (AvgIpc) is 3.18. The number of anilines is 1. The number of rotatable bonds is 4. The standard InChI is InChI=1S/C23H25ClN4O.ClH/c1-15-4-3-5-21(16(15)2)27-23(29)20-14-26-28(19-8-6-18(24)7-9-19)22(20)17-10-12-25-13-11-17;/h3-9,14,17,25H,10-13H2,1-2H3,(H,27,29);1H. The number of amides is 1. The van der Waals surface area contributed by atoms with Gasteiger partial charge in [-0.3, -0.25) is 4.79 Å². The highest BCUT2D eigenvalue weighted by molar-refractivity contribution is 6.30. The number of halogens is 2. The molecule has 1 amide bonds. The number of benzene rings is 2. The quantitative estimate of drug-likeness (QED) is 0.574. The van der Waals surface area contributed by atoms with E-state index in [1.165, 1.54) is 0 Å². The van der Waals surface area contributed by atoms with Crippen molar-refractivity contribution in [1.82, 2.24) is 15.1 Å². The molecular weight excluding hydrogens is 419 g/mol. The minimum atomic E-state index is -0.118. The summed E-state index contributed by atoms with van der Waals surface area (Å²) in [4.78, 5) is 13.2. The van der Waals surface area contributed by atoms with Gasteiger partial charge < -0.3 is 10.6 Å². The van der Waals surface area contributed by atoms with Crippen molar-refractivity contribution >= 4 is 35.6 Å². The summed E-state index contributed by atoms with van der Waals surface area (Å²) in [5.74, 6) is 0.154. The molecular formula is C23H26Cl2N4O. The van der Waals surface area contributed by atoms with Gasteiger partial charge in [0.05, 0.1) is 23.1 Å². The van der Waals surface area contributed by atoms with Gasteiger partial charge in [0.1, 0.15) is 0 Å². The molecule has 4 rings (SSSR count). The lowest BCUT2D eigenvalue weighted by Crippen LogP contribution is -2.29. The Morgan fingerprint density at radius 3 is 2.53 bits per heavy atom. The lowest BCUT2D eigenvalue weighted by atomic mass is 9.91. The first-order valence-corrected chi connectivity index (χ1v) is 10.3. The van der Waals surface area contributed by atoms with E-state index in [1.54, 1.807) is 6.20 Å². The number of hydrogen-bond donors (Lipinski definition) is 2. The highest BCUT2D eigenvalue weighted by Gasteiger charge is 2.27. The van der Waals surface area contributed by atoms with E-state index < -0.39 is 0 Å². The monoisotopic (exact) mass is 444 g/mol. The molecule has 0 unspecified atom stereocenters. The van der Waals surface area contributed by atoms with Crippen LogP contribution in [0.25, 0.3) is 5.69 Å². The molecule has 1 aromatic heterocycles. The van der Waals surface area contributed by atoms with Crippen LogP contribution < -0.4 is 10.6 Å². The predicted octanol–water partition coefficient (Wildman–Crippen LogP) is 5.28. The summed E-state index contributed by atoms with van der Waals surface area (Å²) in [6.45, 7) is 5.95. The lowest BCUT2D eigenvalue weighted by Gasteiger charge is -2.25. The van der Waals surface area contributed by atoms with E-state index in [0.717, 1.165) is 54.1 Å². The van der Waals surface area contributed by atoms with Gasteiger partial charge in [-0.1, -0.05) is 23.7 Å². The van der Waals surface area contributed by atoms with Crippen LogP contribution in [0.5, 0.6) is 0 Å². The number of carbonyl (C=O) groups is 1. The maximum atomic E-state index is 13.2. The molecule has 158 valence electrons. The third kappa shape index (κ3) is 4.53. The van der Waals surface area contributed by atoms with Crippen LogP contribution >= 0.6 is 24.0 Å². The van der Waals surface area contributed by atoms with Crippen LogP contribution in [0.1, 0.15) is 45.9 Å². The smallest absolute Gasteiger partial charge is 0.259 e. The fraction of sp³-hybridized carbons (Fsp3) is 0.304. The number of aromatic nitrogens is 2. The Morgan fingerprint density at radius 1 is 1.13 bits per heavy atom. The number of carbonyl (C=O) groups excluding carboxylic acids is 1. The maximum absolute atomic E-state index is 13.2. The summed E-state index contributed by atoms with van der Waals surface area (Å²) in [5, 5.41) is 11.8. The second kappa shape index (κ2) is 9.65. The zero-order chi connectivity index (χ0) is 20.4. The van der Waals surface area contributed by atoms with E-state index in [2.05, 4.69) is 15.7 Å². The molecule has 0 bridgehead atoms. The number of aryl methyl sites for hydroxylation is 1. The Kier molecular flexibility index (Phi) is 7.19. The molecule has 0 saturated carbocycles. The van der Waals surface area contributed by atoms with Gasteiger partial charge in [-0.25, -0.2) is 4.68 Å². The Balaban J connectivity index is 0.00000256. The second-order valence-corrected chi connectivity index (χ2v) is 7.99. The molecule has 1 fully saturated rings. The first kappa shape index (κ1) is 22.3. The van der Waals surface area contributed by atoms with Crippen LogP contribution in [0, 0.1) is 13.8 Å². The Morgan fingerprint density at radius 2 is 1.83 bits per heavy atom. The van der Waals surface area contributed by atoms with Crippen molar-refractivity contribution in [2.45, 2.75) is 32.6 Å². The Hall–Kier alpha value is -2.34. The molecule has 2 aromatic carbocycles. The van der Waals surface area contributed by atoms with Gasteiger partial charge in [-0.05, 0) is 81.2 Å². The van der Waals surface area contributed by atoms with Crippen LogP contribution in [0.15, 0.2) is 48.7 Å². The van der Waals surface area contributed by atoms with E-state index in [1.807, 2.05) is 61.0 Å². The number of nitrogens with zero attached hydrogens (tertiary/aromatic N) is 2. The minimum absolute atomic E-state index is 0. The molecule has 30 heavy (non-hydrogen) atoms. The first-order valence-electron chi connectivity index (χ1n) is 9.96. The van der Waals surface area contributed by atoms with Gasteiger partial charge in [0.25, 0.3) is 5.91 Å². The fourth-order valence-electron chi connectivity index (χ4n) is 3.89. The van der Waals surface area contributed by atoms with Gasteiger partial charge in [0.2, 0.25) is 0 Å². The maximum Gasteiger partial charge on any atom is 0.259 e. The average molecular weight is 445 g/mol. The molecule has 1 saturated heterocycles. The summed E-state index contributed by atoms with van der Waals surface area (Å²) in [6, 6.07) is 13.5. The highest BCUT2D eigenvalue weighted by Crippen LogP contribution is 2.31. The second-order valence-electron chi connectivity index (χ2n) is 7.56. The lowest BCUT2D eigenvalue weighted by molar-refractivity contribution is 0.102. The van der Waals surface area contributed by atoms with Gasteiger partial charge in [-0.2, -0.15) is 5.10 Å². The fourth-order valence-corrected chi connectivity index (χ4v) is 4.01. The molecule has 1 aliphatic rings. The molecule has 5 nitrogen and oxygen atoms in total. The summed E-state index contributed by atoms with van der Waals surface area (Å²) in [7, 11) is 0.